The van der Waals surface area contributed by atoms with Crippen LogP contribution in [0.2, 0.25) is 5.02 Å². The lowest BCUT2D eigenvalue weighted by atomic mass is 9.83. The van der Waals surface area contributed by atoms with E-state index in [-0.39, 0.29) is 12.0 Å². The van der Waals surface area contributed by atoms with E-state index in [1.807, 2.05) is 12.1 Å². The molecule has 0 spiro atoms. The molecule has 2 nitrogen and oxygen atoms in total. The van der Waals surface area contributed by atoms with Crippen LogP contribution in [0.15, 0.2) is 24.3 Å². The van der Waals surface area contributed by atoms with Crippen molar-refractivity contribution in [3.05, 3.63) is 34.9 Å². The number of nitrogens with zero attached hydrogens (tertiary/aromatic N) is 1. The topological polar surface area (TPSA) is 23.5 Å². The van der Waals surface area contributed by atoms with Gasteiger partial charge in [0.05, 0.1) is 6.10 Å². The number of hydrogen-bond acceptors (Lipinski definition) is 2. The zero-order chi connectivity index (χ0) is 12.0. The van der Waals surface area contributed by atoms with Crippen molar-refractivity contribution in [1.82, 2.24) is 4.90 Å². The predicted octanol–water partition coefficient (Wildman–Crippen LogP) is 2.65. The minimum absolute atomic E-state index is 0.236. The second kappa shape index (κ2) is 4.27. The molecule has 2 bridgehead atoms. The molecule has 4 unspecified atom stereocenters. The summed E-state index contributed by atoms with van der Waals surface area (Å²) in [5.74, 6) is 0.279. The van der Waals surface area contributed by atoms with Crippen LogP contribution in [0.3, 0.4) is 0 Å². The molecule has 1 aromatic rings. The first kappa shape index (κ1) is 11.5. The Bertz CT molecular complexity index is 405. The molecule has 0 saturated carbocycles. The molecule has 0 amide bonds. The first-order valence-electron chi connectivity index (χ1n) is 6.32. The third kappa shape index (κ3) is 1.88. The van der Waals surface area contributed by atoms with Gasteiger partial charge < -0.3 is 5.11 Å². The second-order valence-electron chi connectivity index (χ2n) is 5.35. The van der Waals surface area contributed by atoms with Crippen LogP contribution in [-0.4, -0.2) is 35.2 Å². The third-order valence-corrected chi connectivity index (χ3v) is 4.78. The molecule has 2 saturated heterocycles. The Balaban J connectivity index is 1.87. The van der Waals surface area contributed by atoms with Gasteiger partial charge in [0, 0.05) is 23.0 Å². The first-order valence-corrected chi connectivity index (χ1v) is 6.70. The van der Waals surface area contributed by atoms with Crippen LogP contribution < -0.4 is 0 Å². The van der Waals surface area contributed by atoms with Crippen molar-refractivity contribution >= 4 is 11.6 Å². The van der Waals surface area contributed by atoms with Crippen LogP contribution in [0, 0.1) is 0 Å². The summed E-state index contributed by atoms with van der Waals surface area (Å²) in [7, 11) is 2.14. The third-order valence-electron chi connectivity index (χ3n) is 4.53. The summed E-state index contributed by atoms with van der Waals surface area (Å²) in [6.45, 7) is 0. The molecule has 0 radical (unpaired) electrons. The van der Waals surface area contributed by atoms with Gasteiger partial charge in [0.15, 0.2) is 0 Å². The Labute approximate surface area is 107 Å². The number of benzene rings is 1. The van der Waals surface area contributed by atoms with Crippen molar-refractivity contribution in [3.8, 4) is 0 Å². The molecule has 0 aliphatic carbocycles. The minimum atomic E-state index is -0.236. The smallest absolute Gasteiger partial charge is 0.0764 e. The average Bonchev–Trinajstić information content (AvgIpc) is 2.58. The van der Waals surface area contributed by atoms with E-state index in [9.17, 15) is 5.11 Å². The van der Waals surface area contributed by atoms with Gasteiger partial charge >= 0.3 is 0 Å². The number of likely N-dealkylation sites (N-methyl/N-ethyl adjacent to an activating group) is 1. The average molecular weight is 252 g/mol. The lowest BCUT2D eigenvalue weighted by Crippen LogP contribution is -2.48. The quantitative estimate of drug-likeness (QED) is 0.830. The van der Waals surface area contributed by atoms with Crippen molar-refractivity contribution in [1.29, 1.82) is 0 Å². The summed E-state index contributed by atoms with van der Waals surface area (Å²) in [4.78, 5) is 2.36. The van der Waals surface area contributed by atoms with Crippen molar-refractivity contribution in [3.63, 3.8) is 0 Å². The molecule has 3 rings (SSSR count). The van der Waals surface area contributed by atoms with Crippen LogP contribution in [0.5, 0.6) is 0 Å². The summed E-state index contributed by atoms with van der Waals surface area (Å²) in [5.41, 5.74) is 1.23. The highest BCUT2D eigenvalue weighted by molar-refractivity contribution is 6.30. The molecule has 2 fully saturated rings. The molecule has 2 heterocycles. The molecule has 2 aliphatic rings. The van der Waals surface area contributed by atoms with Crippen molar-refractivity contribution in [2.45, 2.75) is 43.4 Å². The Morgan fingerprint density at radius 2 is 1.94 bits per heavy atom. The van der Waals surface area contributed by atoms with Crippen molar-refractivity contribution in [2.24, 2.45) is 0 Å². The number of aliphatic hydroxyl groups is 1. The Kier molecular flexibility index (Phi) is 2.89. The summed E-state index contributed by atoms with van der Waals surface area (Å²) in [5, 5.41) is 11.2. The van der Waals surface area contributed by atoms with Gasteiger partial charge in [-0.25, -0.2) is 0 Å². The Morgan fingerprint density at radius 3 is 2.65 bits per heavy atom. The molecule has 4 atom stereocenters. The zero-order valence-corrected chi connectivity index (χ0v) is 10.8. The normalized spacial score (nSPS) is 37.4. The van der Waals surface area contributed by atoms with Crippen LogP contribution in [0.25, 0.3) is 0 Å². The van der Waals surface area contributed by atoms with Gasteiger partial charge in [0.1, 0.15) is 0 Å². The maximum atomic E-state index is 10.5. The highest BCUT2D eigenvalue weighted by Crippen LogP contribution is 2.42. The largest absolute Gasteiger partial charge is 0.391 e. The van der Waals surface area contributed by atoms with Gasteiger partial charge in [0.25, 0.3) is 0 Å². The van der Waals surface area contributed by atoms with E-state index in [2.05, 4.69) is 24.1 Å². The van der Waals surface area contributed by atoms with E-state index in [4.69, 9.17) is 11.6 Å². The minimum Gasteiger partial charge on any atom is -0.391 e. The van der Waals surface area contributed by atoms with E-state index >= 15 is 0 Å². The van der Waals surface area contributed by atoms with Gasteiger partial charge in [-0.1, -0.05) is 23.7 Å². The number of piperidine rings is 1. The number of aliphatic hydroxyl groups excluding tert-OH is 1. The molecule has 3 heteroatoms. The fourth-order valence-corrected chi connectivity index (χ4v) is 3.61. The van der Waals surface area contributed by atoms with E-state index < -0.39 is 0 Å². The number of fused-ring (bicyclic) bond motifs is 2. The second-order valence-corrected chi connectivity index (χ2v) is 5.78. The van der Waals surface area contributed by atoms with Gasteiger partial charge in [-0.15, -0.1) is 0 Å². The van der Waals surface area contributed by atoms with Gasteiger partial charge in [-0.3, -0.25) is 4.90 Å². The molecule has 92 valence electrons. The van der Waals surface area contributed by atoms with E-state index in [1.54, 1.807) is 0 Å². The lowest BCUT2D eigenvalue weighted by molar-refractivity contribution is 0.0112. The van der Waals surface area contributed by atoms with E-state index in [1.165, 1.54) is 12.0 Å². The summed E-state index contributed by atoms with van der Waals surface area (Å²) < 4.78 is 0. The monoisotopic (exact) mass is 251 g/mol. The zero-order valence-electron chi connectivity index (χ0n) is 10.0. The summed E-state index contributed by atoms with van der Waals surface area (Å²) in [6.07, 6.45) is 3.18. The maximum Gasteiger partial charge on any atom is 0.0764 e. The van der Waals surface area contributed by atoms with Crippen LogP contribution >= 0.6 is 11.6 Å². The fraction of sp³-hybridized carbons (Fsp3) is 0.571. The van der Waals surface area contributed by atoms with Gasteiger partial charge in [0.2, 0.25) is 0 Å². The molecular formula is C14H18ClNO. The lowest BCUT2D eigenvalue weighted by Gasteiger charge is -2.40. The fourth-order valence-electron chi connectivity index (χ4n) is 3.48. The molecular weight excluding hydrogens is 234 g/mol. The standard InChI is InChI=1S/C14H18ClNO/c1-16-11-6-7-13(16)14(17)12(8-11)9-2-4-10(15)5-3-9/h2-5,11-14,17H,6-8H2,1H3. The first-order chi connectivity index (χ1) is 8.16. The van der Waals surface area contributed by atoms with Gasteiger partial charge in [-0.2, -0.15) is 0 Å². The van der Waals surface area contributed by atoms with Crippen LogP contribution in [0.1, 0.15) is 30.7 Å². The van der Waals surface area contributed by atoms with Gasteiger partial charge in [-0.05, 0) is 44.0 Å². The van der Waals surface area contributed by atoms with E-state index in [0.717, 1.165) is 17.9 Å². The molecule has 17 heavy (non-hydrogen) atoms. The molecule has 1 aromatic carbocycles. The molecule has 1 N–H and O–H groups in total. The maximum absolute atomic E-state index is 10.5. The Hall–Kier alpha value is -0.570. The predicted molar refractivity (Wildman–Crippen MR) is 69.4 cm³/mol. The van der Waals surface area contributed by atoms with Crippen molar-refractivity contribution < 1.29 is 5.11 Å². The Morgan fingerprint density at radius 1 is 1.24 bits per heavy atom. The summed E-state index contributed by atoms with van der Waals surface area (Å²) >= 11 is 5.91. The highest BCUT2D eigenvalue weighted by atomic mass is 35.5. The molecule has 0 aromatic heterocycles. The summed E-state index contributed by atoms with van der Waals surface area (Å²) in [6, 6.07) is 8.94. The molecule has 2 aliphatic heterocycles. The SMILES string of the molecule is CN1C2CCC1C(O)C(c1ccc(Cl)cc1)C2. The number of halogens is 1. The highest BCUT2D eigenvalue weighted by Gasteiger charge is 2.45. The van der Waals surface area contributed by atoms with Crippen LogP contribution in [0.4, 0.5) is 0 Å². The number of rotatable bonds is 1. The van der Waals surface area contributed by atoms with E-state index in [0.29, 0.717) is 12.1 Å². The van der Waals surface area contributed by atoms with Crippen LogP contribution in [-0.2, 0) is 0 Å². The number of hydrogen-bond donors (Lipinski definition) is 1. The van der Waals surface area contributed by atoms with Crippen molar-refractivity contribution in [2.75, 3.05) is 7.05 Å².